The third-order valence-electron chi connectivity index (χ3n) is 7.77. The second kappa shape index (κ2) is 15.1. The van der Waals surface area contributed by atoms with Crippen molar-refractivity contribution in [2.75, 3.05) is 18.6 Å². The van der Waals surface area contributed by atoms with Crippen LogP contribution in [0.15, 0.2) is 114 Å². The molecule has 2 atom stereocenters. The summed E-state index contributed by atoms with van der Waals surface area (Å²) >= 11 is 2.26. The number of primary amides is 1. The Labute approximate surface area is 294 Å². The number of rotatable bonds is 12. The van der Waals surface area contributed by atoms with Crippen LogP contribution >= 0.6 is 23.3 Å². The van der Waals surface area contributed by atoms with Gasteiger partial charge < -0.3 is 26.4 Å². The third kappa shape index (κ3) is 7.25. The van der Waals surface area contributed by atoms with Crippen molar-refractivity contribution in [3.8, 4) is 0 Å². The Balaban J connectivity index is 1.29. The maximum Gasteiger partial charge on any atom is 0.356 e. The van der Waals surface area contributed by atoms with Crippen molar-refractivity contribution in [2.45, 2.75) is 24.1 Å². The SMILES string of the molecule is CON=C(C(=O)NC1C(=O)N2C(C(=O)OC(c3ccccc3)c3ccccc3)=C(C=CC[n+]3ccc(C(N)=O)cc3)CS[C@H]12)c1nsc(N)n1. The molecule has 3 amide bonds. The lowest BCUT2D eigenvalue weighted by Crippen LogP contribution is -2.71. The second-order valence-electron chi connectivity index (χ2n) is 11.0. The first kappa shape index (κ1) is 34.0. The normalized spacial score (nSPS) is 17.4. The molecule has 6 rings (SSSR count). The Kier molecular flexibility index (Phi) is 10.3. The van der Waals surface area contributed by atoms with Gasteiger partial charge >= 0.3 is 5.97 Å². The van der Waals surface area contributed by atoms with Gasteiger partial charge in [0.25, 0.3) is 11.8 Å². The number of thioether (sulfide) groups is 1. The van der Waals surface area contributed by atoms with Crippen molar-refractivity contribution in [2.24, 2.45) is 10.9 Å². The van der Waals surface area contributed by atoms with Gasteiger partial charge in [0.2, 0.25) is 17.4 Å². The number of anilines is 1. The Morgan fingerprint density at radius 2 is 1.74 bits per heavy atom. The number of amides is 3. The lowest BCUT2D eigenvalue weighted by atomic mass is 10.0. The number of pyridine rings is 1. The fraction of sp³-hybridized carbons (Fsp3) is 0.176. The lowest BCUT2D eigenvalue weighted by Gasteiger charge is -2.49. The molecule has 1 unspecified atom stereocenters. The van der Waals surface area contributed by atoms with E-state index < -0.39 is 41.2 Å². The van der Waals surface area contributed by atoms with Crippen LogP contribution in [0.25, 0.3) is 0 Å². The van der Waals surface area contributed by atoms with Gasteiger partial charge in [-0.25, -0.2) is 9.36 Å². The highest BCUT2D eigenvalue weighted by molar-refractivity contribution is 8.00. The number of carbonyl (C=O) groups is 4. The Morgan fingerprint density at radius 1 is 1.08 bits per heavy atom. The number of ether oxygens (including phenoxy) is 1. The number of allylic oxidation sites excluding steroid dienone is 2. The largest absolute Gasteiger partial charge is 0.448 e. The topological polar surface area (TPSA) is 196 Å². The first-order valence-corrected chi connectivity index (χ1v) is 17.0. The number of oxime groups is 1. The molecule has 1 fully saturated rings. The molecule has 2 aromatic heterocycles. The Bertz CT molecular complexity index is 1960. The monoisotopic (exact) mass is 711 g/mol. The molecule has 2 aromatic carbocycles. The molecule has 2 aliphatic heterocycles. The highest BCUT2D eigenvalue weighted by atomic mass is 32.2. The van der Waals surface area contributed by atoms with Crippen LogP contribution in [0.5, 0.6) is 0 Å². The summed E-state index contributed by atoms with van der Waals surface area (Å²) in [5.41, 5.74) is 13.3. The van der Waals surface area contributed by atoms with Crippen molar-refractivity contribution in [3.63, 3.8) is 0 Å². The highest BCUT2D eigenvalue weighted by Gasteiger charge is 2.54. The third-order valence-corrected chi connectivity index (χ3v) is 9.61. The van der Waals surface area contributed by atoms with E-state index in [9.17, 15) is 19.2 Å². The Hall–Kier alpha value is -5.87. The van der Waals surface area contributed by atoms with Crippen LogP contribution in [0.4, 0.5) is 5.13 Å². The number of nitrogen functional groups attached to an aromatic ring is 1. The van der Waals surface area contributed by atoms with Gasteiger partial charge in [0, 0.05) is 29.4 Å². The summed E-state index contributed by atoms with van der Waals surface area (Å²) in [6.45, 7) is 0.402. The fourth-order valence-corrected chi connectivity index (χ4v) is 7.14. The molecule has 4 heterocycles. The van der Waals surface area contributed by atoms with E-state index in [2.05, 4.69) is 19.8 Å². The van der Waals surface area contributed by atoms with Crippen molar-refractivity contribution in [1.29, 1.82) is 0 Å². The number of nitrogens with zero attached hydrogens (tertiary/aromatic N) is 5. The first-order valence-electron chi connectivity index (χ1n) is 15.2. The molecule has 0 saturated carbocycles. The number of benzene rings is 2. The number of β-lactam (4-membered cyclic amide) rings is 1. The molecule has 4 aromatic rings. The summed E-state index contributed by atoms with van der Waals surface area (Å²) in [7, 11) is 1.26. The van der Waals surface area contributed by atoms with Gasteiger partial charge in [0.15, 0.2) is 30.2 Å². The van der Waals surface area contributed by atoms with Crippen molar-refractivity contribution >= 4 is 57.8 Å². The molecule has 0 radical (unpaired) electrons. The predicted octanol–water partition coefficient (Wildman–Crippen LogP) is 2.10. The molecule has 0 spiro atoms. The van der Waals surface area contributed by atoms with E-state index in [0.717, 1.165) is 22.7 Å². The van der Waals surface area contributed by atoms with Crippen LogP contribution in [0, 0.1) is 0 Å². The number of hydrogen-bond acceptors (Lipinski definition) is 12. The minimum Gasteiger partial charge on any atom is -0.448 e. The van der Waals surface area contributed by atoms with E-state index in [0.29, 0.717) is 23.4 Å². The van der Waals surface area contributed by atoms with Crippen LogP contribution in [-0.2, 0) is 30.5 Å². The summed E-state index contributed by atoms with van der Waals surface area (Å²) in [6, 6.07) is 20.9. The standard InChI is InChI=1S/C34H30N8O6S2/c1-47-39-24(29-38-34(36)50-40-29)30(44)37-25-31(45)42-26(33(46)48-27(20-9-4-2-5-10-20)21-11-6-3-7-12-21)23(19-49-32(25)42)13-8-16-41-17-14-22(15-18-41)28(35)43/h2-15,17-18,25,27,32H,16,19H2,1H3,(H4-,35,36,37,38,40,43,44)/p+1/t25?,32-/m1/s1. The van der Waals surface area contributed by atoms with Crippen molar-refractivity contribution < 1.29 is 33.3 Å². The molecule has 5 N–H and O–H groups in total. The van der Waals surface area contributed by atoms with E-state index >= 15 is 0 Å². The van der Waals surface area contributed by atoms with Crippen LogP contribution in [0.3, 0.4) is 0 Å². The van der Waals surface area contributed by atoms with E-state index in [1.807, 2.05) is 71.3 Å². The smallest absolute Gasteiger partial charge is 0.356 e. The minimum atomic E-state index is -0.989. The highest BCUT2D eigenvalue weighted by Crippen LogP contribution is 2.42. The number of hydrogen-bond donors (Lipinski definition) is 3. The molecule has 16 heteroatoms. The van der Waals surface area contributed by atoms with Gasteiger partial charge in [-0.05, 0) is 22.8 Å². The minimum absolute atomic E-state index is 0.0432. The molecule has 50 heavy (non-hydrogen) atoms. The molecule has 0 bridgehead atoms. The maximum atomic E-state index is 14.2. The Morgan fingerprint density at radius 3 is 2.32 bits per heavy atom. The van der Waals surface area contributed by atoms with E-state index in [1.54, 1.807) is 30.6 Å². The molecule has 254 valence electrons. The van der Waals surface area contributed by atoms with Crippen LogP contribution in [0.1, 0.15) is 33.4 Å². The summed E-state index contributed by atoms with van der Waals surface area (Å²) in [4.78, 5) is 62.9. The van der Waals surface area contributed by atoms with Gasteiger partial charge in [-0.3, -0.25) is 19.3 Å². The summed E-state index contributed by atoms with van der Waals surface area (Å²) < 4.78 is 12.1. The van der Waals surface area contributed by atoms with Gasteiger partial charge in [0.05, 0.1) is 5.56 Å². The number of aromatic nitrogens is 3. The quantitative estimate of drug-likeness (QED) is 0.0644. The average molecular weight is 712 g/mol. The molecule has 1 saturated heterocycles. The van der Waals surface area contributed by atoms with Gasteiger partial charge in [-0.15, -0.1) is 11.8 Å². The zero-order valence-electron chi connectivity index (χ0n) is 26.5. The lowest BCUT2D eigenvalue weighted by molar-refractivity contribution is -0.687. The average Bonchev–Trinajstić information content (AvgIpc) is 3.57. The molecule has 2 aliphatic rings. The number of nitrogens with one attached hydrogen (secondary N) is 1. The number of esters is 1. The number of fused-ring (bicyclic) bond motifs is 1. The molecule has 0 aliphatic carbocycles. The number of carbonyl (C=O) groups excluding carboxylic acids is 4. The number of nitrogens with two attached hydrogens (primary N) is 2. The summed E-state index contributed by atoms with van der Waals surface area (Å²) in [6.07, 6.45) is 6.28. The fourth-order valence-electron chi connectivity index (χ4n) is 5.38. The molecular weight excluding hydrogens is 681 g/mol. The van der Waals surface area contributed by atoms with Gasteiger partial charge in [0.1, 0.15) is 24.2 Å². The zero-order chi connectivity index (χ0) is 35.2. The zero-order valence-corrected chi connectivity index (χ0v) is 28.2. The predicted molar refractivity (Wildman–Crippen MR) is 185 cm³/mol. The summed E-state index contributed by atoms with van der Waals surface area (Å²) in [5, 5.41) is 5.95. The van der Waals surface area contributed by atoms with Gasteiger partial charge in [-0.1, -0.05) is 71.9 Å². The maximum absolute atomic E-state index is 14.2. The second-order valence-corrected chi connectivity index (χ2v) is 12.9. The first-order chi connectivity index (χ1) is 24.2. The summed E-state index contributed by atoms with van der Waals surface area (Å²) in [5.74, 6) is -2.19. The van der Waals surface area contributed by atoms with Gasteiger partial charge in [-0.2, -0.15) is 9.36 Å². The van der Waals surface area contributed by atoms with Crippen molar-refractivity contribution in [3.05, 3.63) is 131 Å². The molecular formula is C34H31N8O6S2+. The van der Waals surface area contributed by atoms with E-state index in [4.69, 9.17) is 21.0 Å². The molecule has 14 nitrogen and oxygen atoms in total. The van der Waals surface area contributed by atoms with Crippen LogP contribution in [0.2, 0.25) is 0 Å². The van der Waals surface area contributed by atoms with E-state index in [-0.39, 0.29) is 22.4 Å². The van der Waals surface area contributed by atoms with E-state index in [1.165, 1.54) is 23.8 Å². The van der Waals surface area contributed by atoms with Crippen molar-refractivity contribution in [1.82, 2.24) is 19.6 Å². The van der Waals surface area contributed by atoms with Crippen LogP contribution in [-0.4, -0.2) is 67.9 Å². The van der Waals surface area contributed by atoms with Crippen LogP contribution < -0.4 is 21.4 Å².